The lowest BCUT2D eigenvalue weighted by Crippen LogP contribution is -2.44. The fourth-order valence-corrected chi connectivity index (χ4v) is 2.99. The average Bonchev–Trinajstić information content (AvgIpc) is 2.40. The Hall–Kier alpha value is -1.15. The first kappa shape index (κ1) is 14.3. The molecular weight excluding hydrogens is 236 g/mol. The van der Waals surface area contributed by atoms with E-state index in [1.54, 1.807) is 7.11 Å². The zero-order chi connectivity index (χ0) is 13.9. The Morgan fingerprint density at radius 2 is 2.05 bits per heavy atom. The van der Waals surface area contributed by atoms with Crippen LogP contribution in [0.2, 0.25) is 0 Å². The Balaban J connectivity index is 2.09. The summed E-state index contributed by atoms with van der Waals surface area (Å²) in [7, 11) is 1.68. The smallest absolute Gasteiger partial charge is 0.168 e. The maximum absolute atomic E-state index is 12.6. The van der Waals surface area contributed by atoms with Gasteiger partial charge in [-0.1, -0.05) is 36.8 Å². The molecule has 1 aromatic carbocycles. The van der Waals surface area contributed by atoms with Crippen molar-refractivity contribution in [3.8, 4) is 0 Å². The minimum Gasteiger partial charge on any atom is -0.370 e. The van der Waals surface area contributed by atoms with Crippen molar-refractivity contribution in [2.45, 2.75) is 51.6 Å². The molecule has 1 aliphatic carbocycles. The van der Waals surface area contributed by atoms with E-state index in [9.17, 15) is 4.79 Å². The molecule has 1 saturated carbocycles. The zero-order valence-electron chi connectivity index (χ0n) is 12.2. The standard InChI is InChI=1S/C17H24O2/c1-13-7-9-17(19-3,10-8-13)16(18)12-15-6-4-5-14(2)11-15/h4-6,11,13H,7-10,12H2,1-3H3. The van der Waals surface area contributed by atoms with Crippen LogP contribution in [0.3, 0.4) is 0 Å². The third kappa shape index (κ3) is 3.24. The highest BCUT2D eigenvalue weighted by Gasteiger charge is 2.40. The number of ether oxygens (including phenoxy) is 1. The summed E-state index contributed by atoms with van der Waals surface area (Å²) in [5, 5.41) is 0. The predicted octanol–water partition coefficient (Wildman–Crippen LogP) is 3.70. The van der Waals surface area contributed by atoms with Crippen molar-refractivity contribution in [1.82, 2.24) is 0 Å². The van der Waals surface area contributed by atoms with Crippen LogP contribution in [-0.4, -0.2) is 18.5 Å². The molecule has 1 aliphatic rings. The Bertz CT molecular complexity index is 442. The van der Waals surface area contributed by atoms with Crippen LogP contribution in [0.5, 0.6) is 0 Å². The molecule has 104 valence electrons. The molecule has 0 spiro atoms. The van der Waals surface area contributed by atoms with Crippen molar-refractivity contribution in [2.75, 3.05) is 7.11 Å². The van der Waals surface area contributed by atoms with Crippen molar-refractivity contribution in [3.63, 3.8) is 0 Å². The highest BCUT2D eigenvalue weighted by Crippen LogP contribution is 2.35. The Morgan fingerprint density at radius 3 is 2.63 bits per heavy atom. The number of hydrogen-bond donors (Lipinski definition) is 0. The lowest BCUT2D eigenvalue weighted by Gasteiger charge is -2.37. The first-order valence-corrected chi connectivity index (χ1v) is 7.20. The van der Waals surface area contributed by atoms with Gasteiger partial charge in [0, 0.05) is 13.5 Å². The van der Waals surface area contributed by atoms with Crippen LogP contribution in [0.25, 0.3) is 0 Å². The van der Waals surface area contributed by atoms with E-state index in [4.69, 9.17) is 4.74 Å². The van der Waals surface area contributed by atoms with E-state index in [0.29, 0.717) is 6.42 Å². The number of hydrogen-bond acceptors (Lipinski definition) is 2. The Labute approximate surface area is 116 Å². The molecule has 0 aliphatic heterocycles. The zero-order valence-corrected chi connectivity index (χ0v) is 12.2. The quantitative estimate of drug-likeness (QED) is 0.825. The van der Waals surface area contributed by atoms with E-state index in [-0.39, 0.29) is 5.78 Å². The van der Waals surface area contributed by atoms with Gasteiger partial charge in [-0.3, -0.25) is 4.79 Å². The number of rotatable bonds is 4. The number of carbonyl (C=O) groups excluding carboxylic acids is 1. The van der Waals surface area contributed by atoms with Gasteiger partial charge in [0.2, 0.25) is 0 Å². The van der Waals surface area contributed by atoms with Gasteiger partial charge in [-0.25, -0.2) is 0 Å². The van der Waals surface area contributed by atoms with E-state index in [1.807, 2.05) is 12.1 Å². The molecule has 2 nitrogen and oxygen atoms in total. The summed E-state index contributed by atoms with van der Waals surface area (Å²) in [5.74, 6) is 0.961. The molecule has 0 N–H and O–H groups in total. The second-order valence-corrected chi connectivity index (χ2v) is 5.97. The van der Waals surface area contributed by atoms with Gasteiger partial charge < -0.3 is 4.74 Å². The summed E-state index contributed by atoms with van der Waals surface area (Å²) in [4.78, 5) is 12.6. The molecule has 0 unspecified atom stereocenters. The minimum atomic E-state index is -0.531. The van der Waals surface area contributed by atoms with Crippen LogP contribution < -0.4 is 0 Å². The second-order valence-electron chi connectivity index (χ2n) is 5.97. The number of aryl methyl sites for hydroxylation is 1. The monoisotopic (exact) mass is 260 g/mol. The maximum atomic E-state index is 12.6. The number of Topliss-reactive ketones (excluding diaryl/α,β-unsaturated/α-hetero) is 1. The highest BCUT2D eigenvalue weighted by molar-refractivity contribution is 5.89. The Kier molecular flexibility index (Phi) is 4.41. The van der Waals surface area contributed by atoms with E-state index in [1.165, 1.54) is 5.56 Å². The van der Waals surface area contributed by atoms with Gasteiger partial charge in [0.15, 0.2) is 5.78 Å². The van der Waals surface area contributed by atoms with Crippen molar-refractivity contribution in [1.29, 1.82) is 0 Å². The summed E-state index contributed by atoms with van der Waals surface area (Å²) in [6, 6.07) is 8.19. The molecule has 0 aromatic heterocycles. The van der Waals surface area contributed by atoms with Gasteiger partial charge in [-0.15, -0.1) is 0 Å². The SMILES string of the molecule is COC1(C(=O)Cc2cccc(C)c2)CCC(C)CC1. The maximum Gasteiger partial charge on any atom is 0.168 e. The van der Waals surface area contributed by atoms with Crippen molar-refractivity contribution >= 4 is 5.78 Å². The van der Waals surface area contributed by atoms with Gasteiger partial charge in [0.05, 0.1) is 0 Å². The molecule has 1 aromatic rings. The molecule has 0 radical (unpaired) electrons. The topological polar surface area (TPSA) is 26.3 Å². The summed E-state index contributed by atoms with van der Waals surface area (Å²) < 4.78 is 5.64. The number of ketones is 1. The minimum absolute atomic E-state index is 0.243. The molecule has 0 amide bonds. The molecule has 19 heavy (non-hydrogen) atoms. The van der Waals surface area contributed by atoms with Crippen LogP contribution >= 0.6 is 0 Å². The molecule has 0 bridgehead atoms. The number of benzene rings is 1. The third-order valence-corrected chi connectivity index (χ3v) is 4.43. The fourth-order valence-electron chi connectivity index (χ4n) is 2.99. The van der Waals surface area contributed by atoms with E-state index >= 15 is 0 Å². The van der Waals surface area contributed by atoms with Crippen molar-refractivity contribution in [3.05, 3.63) is 35.4 Å². The fraction of sp³-hybridized carbons (Fsp3) is 0.588. The molecule has 0 heterocycles. The van der Waals surface area contributed by atoms with Crippen LogP contribution in [0.1, 0.15) is 43.7 Å². The number of carbonyl (C=O) groups is 1. The van der Waals surface area contributed by atoms with Crippen LogP contribution in [0, 0.1) is 12.8 Å². The van der Waals surface area contributed by atoms with Gasteiger partial charge in [-0.2, -0.15) is 0 Å². The summed E-state index contributed by atoms with van der Waals surface area (Å²) in [6.07, 6.45) is 4.41. The van der Waals surface area contributed by atoms with Crippen LogP contribution in [-0.2, 0) is 16.0 Å². The lowest BCUT2D eigenvalue weighted by molar-refractivity contribution is -0.145. The average molecular weight is 260 g/mol. The number of methoxy groups -OCH3 is 1. The summed E-state index contributed by atoms with van der Waals surface area (Å²) in [6.45, 7) is 4.31. The van der Waals surface area contributed by atoms with Gasteiger partial charge in [-0.05, 0) is 44.1 Å². The van der Waals surface area contributed by atoms with Crippen LogP contribution in [0.15, 0.2) is 24.3 Å². The molecule has 0 atom stereocenters. The summed E-state index contributed by atoms with van der Waals surface area (Å²) in [5.41, 5.74) is 1.77. The van der Waals surface area contributed by atoms with Crippen molar-refractivity contribution < 1.29 is 9.53 Å². The largest absolute Gasteiger partial charge is 0.370 e. The first-order valence-electron chi connectivity index (χ1n) is 7.20. The third-order valence-electron chi connectivity index (χ3n) is 4.43. The van der Waals surface area contributed by atoms with Crippen molar-refractivity contribution in [2.24, 2.45) is 5.92 Å². The van der Waals surface area contributed by atoms with Gasteiger partial charge >= 0.3 is 0 Å². The molecule has 2 heteroatoms. The Morgan fingerprint density at radius 1 is 1.37 bits per heavy atom. The normalized spacial score (nSPS) is 27.2. The second kappa shape index (κ2) is 5.87. The summed E-state index contributed by atoms with van der Waals surface area (Å²) >= 11 is 0. The molecule has 1 fully saturated rings. The van der Waals surface area contributed by atoms with Gasteiger partial charge in [0.25, 0.3) is 0 Å². The van der Waals surface area contributed by atoms with Gasteiger partial charge in [0.1, 0.15) is 5.60 Å². The lowest BCUT2D eigenvalue weighted by atomic mass is 9.76. The molecule has 0 saturated heterocycles. The van der Waals surface area contributed by atoms with E-state index in [2.05, 4.69) is 26.0 Å². The van der Waals surface area contributed by atoms with Crippen LogP contribution in [0.4, 0.5) is 0 Å². The highest BCUT2D eigenvalue weighted by atomic mass is 16.5. The molecular formula is C17H24O2. The predicted molar refractivity (Wildman–Crippen MR) is 77.3 cm³/mol. The van der Waals surface area contributed by atoms with E-state index < -0.39 is 5.60 Å². The van der Waals surface area contributed by atoms with E-state index in [0.717, 1.165) is 37.2 Å². The first-order chi connectivity index (χ1) is 9.05. The molecule has 2 rings (SSSR count).